The Kier molecular flexibility index (Phi) is 4.35. The molecule has 11 heavy (non-hydrogen) atoms. The van der Waals surface area contributed by atoms with E-state index in [9.17, 15) is 0 Å². The van der Waals surface area contributed by atoms with E-state index in [0.717, 1.165) is 11.3 Å². The van der Waals surface area contributed by atoms with E-state index in [1.807, 2.05) is 19.1 Å². The van der Waals surface area contributed by atoms with Crippen LogP contribution in [0.25, 0.3) is 0 Å². The highest BCUT2D eigenvalue weighted by atomic mass is 14.9. The van der Waals surface area contributed by atoms with E-state index in [1.165, 1.54) is 0 Å². The van der Waals surface area contributed by atoms with Crippen molar-refractivity contribution in [1.82, 2.24) is 5.32 Å². The molecule has 1 N–H and O–H groups in total. The highest BCUT2D eigenvalue weighted by Gasteiger charge is 1.96. The summed E-state index contributed by atoms with van der Waals surface area (Å²) in [5.41, 5.74) is 2.20. The summed E-state index contributed by atoms with van der Waals surface area (Å²) in [5, 5.41) is 3.27. The molecule has 0 aliphatic carbocycles. The van der Waals surface area contributed by atoms with Gasteiger partial charge in [-0.2, -0.15) is 0 Å². The quantitative estimate of drug-likeness (QED) is 0.609. The molecule has 0 spiro atoms. The first-order valence-electron chi connectivity index (χ1n) is 3.84. The number of allylic oxidation sites excluding steroid dienone is 3. The molecule has 0 aromatic carbocycles. The summed E-state index contributed by atoms with van der Waals surface area (Å²) in [6.45, 7) is 13.6. The summed E-state index contributed by atoms with van der Waals surface area (Å²) in [5.74, 6) is 0. The van der Waals surface area contributed by atoms with Gasteiger partial charge in [0.05, 0.1) is 0 Å². The van der Waals surface area contributed by atoms with Crippen LogP contribution in [0.4, 0.5) is 0 Å². The average molecular weight is 151 g/mol. The topological polar surface area (TPSA) is 12.0 Å². The standard InChI is InChI=1S/C10H17N/c1-6-9(5)10(7-2)11-8(3)4/h6-8,11H,1-2H2,3-5H3/b10-9+. The number of nitrogens with one attached hydrogen (secondary N) is 1. The number of rotatable bonds is 4. The van der Waals surface area contributed by atoms with Crippen LogP contribution in [0.3, 0.4) is 0 Å². The van der Waals surface area contributed by atoms with E-state index in [1.54, 1.807) is 0 Å². The van der Waals surface area contributed by atoms with Gasteiger partial charge >= 0.3 is 0 Å². The van der Waals surface area contributed by atoms with Crippen molar-refractivity contribution in [2.75, 3.05) is 0 Å². The first-order chi connectivity index (χ1) is 5.11. The molecule has 62 valence electrons. The third-order valence-corrected chi connectivity index (χ3v) is 1.38. The van der Waals surface area contributed by atoms with Crippen molar-refractivity contribution < 1.29 is 0 Å². The molecular weight excluding hydrogens is 134 g/mol. The van der Waals surface area contributed by atoms with Crippen LogP contribution in [0.5, 0.6) is 0 Å². The van der Waals surface area contributed by atoms with Gasteiger partial charge in [0.2, 0.25) is 0 Å². The van der Waals surface area contributed by atoms with E-state index < -0.39 is 0 Å². The molecular formula is C10H17N. The van der Waals surface area contributed by atoms with Gasteiger partial charge in [0.15, 0.2) is 0 Å². The molecule has 0 atom stereocenters. The predicted molar refractivity (Wildman–Crippen MR) is 51.4 cm³/mol. The van der Waals surface area contributed by atoms with Crippen LogP contribution in [-0.2, 0) is 0 Å². The molecule has 0 aliphatic rings. The lowest BCUT2D eigenvalue weighted by atomic mass is 10.2. The Morgan fingerprint density at radius 2 is 1.82 bits per heavy atom. The molecule has 0 fully saturated rings. The Balaban J connectivity index is 4.38. The Bertz CT molecular complexity index is 175. The van der Waals surface area contributed by atoms with Crippen molar-refractivity contribution >= 4 is 0 Å². The predicted octanol–water partition coefficient (Wildman–Crippen LogP) is 2.63. The van der Waals surface area contributed by atoms with Crippen molar-refractivity contribution in [1.29, 1.82) is 0 Å². The largest absolute Gasteiger partial charge is 0.383 e. The second kappa shape index (κ2) is 4.78. The summed E-state index contributed by atoms with van der Waals surface area (Å²) in [4.78, 5) is 0. The fourth-order valence-corrected chi connectivity index (χ4v) is 0.755. The maximum Gasteiger partial charge on any atom is 0.0365 e. The van der Waals surface area contributed by atoms with Gasteiger partial charge in [-0.25, -0.2) is 0 Å². The van der Waals surface area contributed by atoms with Crippen LogP contribution in [0.15, 0.2) is 36.6 Å². The molecule has 0 heterocycles. The zero-order chi connectivity index (χ0) is 8.85. The third kappa shape index (κ3) is 3.66. The smallest absolute Gasteiger partial charge is 0.0365 e. The molecule has 0 saturated heterocycles. The first-order valence-corrected chi connectivity index (χ1v) is 3.84. The molecule has 0 saturated carbocycles. The molecule has 1 nitrogen and oxygen atoms in total. The zero-order valence-electron chi connectivity index (χ0n) is 7.65. The van der Waals surface area contributed by atoms with Gasteiger partial charge in [-0.05, 0) is 32.4 Å². The van der Waals surface area contributed by atoms with Gasteiger partial charge in [-0.1, -0.05) is 19.2 Å². The van der Waals surface area contributed by atoms with Crippen LogP contribution in [0, 0.1) is 0 Å². The van der Waals surface area contributed by atoms with Gasteiger partial charge in [0.25, 0.3) is 0 Å². The normalized spacial score (nSPS) is 12.4. The summed E-state index contributed by atoms with van der Waals surface area (Å²) in [7, 11) is 0. The zero-order valence-corrected chi connectivity index (χ0v) is 7.65. The van der Waals surface area contributed by atoms with Crippen LogP contribution >= 0.6 is 0 Å². The minimum absolute atomic E-state index is 0.442. The van der Waals surface area contributed by atoms with Gasteiger partial charge in [0.1, 0.15) is 0 Å². The number of hydrogen-bond acceptors (Lipinski definition) is 1. The monoisotopic (exact) mass is 151 g/mol. The van der Waals surface area contributed by atoms with Gasteiger partial charge < -0.3 is 5.32 Å². The Morgan fingerprint density at radius 3 is 2.09 bits per heavy atom. The van der Waals surface area contributed by atoms with Crippen LogP contribution in [0.2, 0.25) is 0 Å². The Labute approximate surface area is 69.5 Å². The van der Waals surface area contributed by atoms with Gasteiger partial charge in [-0.3, -0.25) is 0 Å². The lowest BCUT2D eigenvalue weighted by molar-refractivity contribution is 0.677. The molecule has 0 rings (SSSR count). The second-order valence-corrected chi connectivity index (χ2v) is 2.80. The summed E-state index contributed by atoms with van der Waals surface area (Å²) < 4.78 is 0. The lowest BCUT2D eigenvalue weighted by Crippen LogP contribution is -2.21. The fourth-order valence-electron chi connectivity index (χ4n) is 0.755. The fraction of sp³-hybridized carbons (Fsp3) is 0.400. The van der Waals surface area contributed by atoms with E-state index in [0.29, 0.717) is 6.04 Å². The van der Waals surface area contributed by atoms with Crippen molar-refractivity contribution in [2.24, 2.45) is 0 Å². The molecule has 0 radical (unpaired) electrons. The maximum absolute atomic E-state index is 3.71. The van der Waals surface area contributed by atoms with E-state index >= 15 is 0 Å². The van der Waals surface area contributed by atoms with E-state index in [-0.39, 0.29) is 0 Å². The molecule has 1 heteroatoms. The molecule has 0 amide bonds. The van der Waals surface area contributed by atoms with Crippen molar-refractivity contribution in [3.05, 3.63) is 36.6 Å². The minimum Gasteiger partial charge on any atom is -0.383 e. The van der Waals surface area contributed by atoms with Crippen LogP contribution in [-0.4, -0.2) is 6.04 Å². The van der Waals surface area contributed by atoms with Crippen molar-refractivity contribution in [3.63, 3.8) is 0 Å². The van der Waals surface area contributed by atoms with E-state index in [2.05, 4.69) is 32.3 Å². The molecule has 0 aromatic heterocycles. The third-order valence-electron chi connectivity index (χ3n) is 1.38. The maximum atomic E-state index is 3.71. The lowest BCUT2D eigenvalue weighted by Gasteiger charge is -2.12. The highest BCUT2D eigenvalue weighted by Crippen LogP contribution is 2.03. The first kappa shape index (κ1) is 10.0. The minimum atomic E-state index is 0.442. The molecule has 0 bridgehead atoms. The van der Waals surface area contributed by atoms with E-state index in [4.69, 9.17) is 0 Å². The van der Waals surface area contributed by atoms with Crippen molar-refractivity contribution in [3.8, 4) is 0 Å². The Hall–Kier alpha value is -0.980. The molecule has 0 aromatic rings. The Morgan fingerprint density at radius 1 is 1.27 bits per heavy atom. The molecule has 0 unspecified atom stereocenters. The second-order valence-electron chi connectivity index (χ2n) is 2.80. The highest BCUT2D eigenvalue weighted by molar-refractivity contribution is 5.28. The SMILES string of the molecule is C=C/C(C)=C(\C=C)NC(C)C. The van der Waals surface area contributed by atoms with Crippen molar-refractivity contribution in [2.45, 2.75) is 26.8 Å². The average Bonchev–Trinajstić information content (AvgIpc) is 1.98. The van der Waals surface area contributed by atoms with Gasteiger partial charge in [0, 0.05) is 11.7 Å². The molecule has 0 aliphatic heterocycles. The van der Waals surface area contributed by atoms with Gasteiger partial charge in [-0.15, -0.1) is 0 Å². The van der Waals surface area contributed by atoms with Crippen LogP contribution in [0.1, 0.15) is 20.8 Å². The number of hydrogen-bond donors (Lipinski definition) is 1. The van der Waals surface area contributed by atoms with Crippen LogP contribution < -0.4 is 5.32 Å². The summed E-state index contributed by atoms with van der Waals surface area (Å²) >= 11 is 0. The summed E-state index contributed by atoms with van der Waals surface area (Å²) in [6, 6.07) is 0.442. The summed E-state index contributed by atoms with van der Waals surface area (Å²) in [6.07, 6.45) is 3.64.